The number of amides is 2. The molecule has 0 saturated carbocycles. The lowest BCUT2D eigenvalue weighted by Crippen LogP contribution is -2.49. The molecule has 1 aliphatic heterocycles. The van der Waals surface area contributed by atoms with Crippen LogP contribution >= 0.6 is 0 Å². The number of nitrogens with one attached hydrogen (secondary N) is 1. The molecule has 172 valence electrons. The molecule has 1 aromatic heterocycles. The van der Waals surface area contributed by atoms with Crippen molar-refractivity contribution in [3.05, 3.63) is 71.9 Å². The Bertz CT molecular complexity index is 1110. The second-order valence-electron chi connectivity index (χ2n) is 8.66. The summed E-state index contributed by atoms with van der Waals surface area (Å²) in [4.78, 5) is 35.9. The molecule has 0 radical (unpaired) electrons. The van der Waals surface area contributed by atoms with Crippen LogP contribution in [0, 0.1) is 0 Å². The van der Waals surface area contributed by atoms with Gasteiger partial charge in [-0.1, -0.05) is 30.3 Å². The van der Waals surface area contributed by atoms with Crippen LogP contribution in [-0.2, 0) is 0 Å². The van der Waals surface area contributed by atoms with Gasteiger partial charge in [0.15, 0.2) is 0 Å². The molecule has 7 nitrogen and oxygen atoms in total. The third kappa shape index (κ3) is 5.68. The number of aromatic nitrogens is 1. The van der Waals surface area contributed by atoms with Crippen molar-refractivity contribution in [2.45, 2.75) is 6.42 Å². The van der Waals surface area contributed by atoms with E-state index in [0.717, 1.165) is 35.1 Å². The largest absolute Gasteiger partial charge is 0.353 e. The van der Waals surface area contributed by atoms with Crippen LogP contribution in [-0.4, -0.2) is 80.0 Å². The van der Waals surface area contributed by atoms with Crippen LogP contribution < -0.4 is 10.2 Å². The Morgan fingerprint density at radius 3 is 2.36 bits per heavy atom. The molecular formula is C26H31N5O2. The Balaban J connectivity index is 1.30. The summed E-state index contributed by atoms with van der Waals surface area (Å²) >= 11 is 0. The number of carbonyl (C=O) groups is 2. The molecule has 7 heteroatoms. The van der Waals surface area contributed by atoms with Crippen molar-refractivity contribution < 1.29 is 9.59 Å². The van der Waals surface area contributed by atoms with Gasteiger partial charge in [-0.25, -0.2) is 4.98 Å². The molecular weight excluding hydrogens is 414 g/mol. The lowest BCUT2D eigenvalue weighted by molar-refractivity contribution is 0.0746. The fourth-order valence-electron chi connectivity index (χ4n) is 4.05. The summed E-state index contributed by atoms with van der Waals surface area (Å²) in [5.41, 5.74) is 1.29. The molecule has 4 rings (SSSR count). The first-order chi connectivity index (χ1) is 16.0. The number of pyridine rings is 1. The van der Waals surface area contributed by atoms with Gasteiger partial charge in [-0.2, -0.15) is 0 Å². The first-order valence-electron chi connectivity index (χ1n) is 11.4. The number of rotatable bonds is 7. The molecule has 1 N–H and O–H groups in total. The van der Waals surface area contributed by atoms with Crippen LogP contribution in [0.3, 0.4) is 0 Å². The highest BCUT2D eigenvalue weighted by atomic mass is 16.2. The number of piperazine rings is 1. The van der Waals surface area contributed by atoms with Crippen LogP contribution in [0.2, 0.25) is 0 Å². The van der Waals surface area contributed by atoms with Gasteiger partial charge in [0.05, 0.1) is 5.56 Å². The summed E-state index contributed by atoms with van der Waals surface area (Å²) < 4.78 is 0. The monoisotopic (exact) mass is 445 g/mol. The van der Waals surface area contributed by atoms with Crippen molar-refractivity contribution >= 4 is 28.4 Å². The van der Waals surface area contributed by atoms with Gasteiger partial charge in [-0.05, 0) is 62.1 Å². The van der Waals surface area contributed by atoms with Crippen LogP contribution in [0.15, 0.2) is 60.8 Å². The number of anilines is 1. The van der Waals surface area contributed by atoms with Gasteiger partial charge in [0.25, 0.3) is 11.8 Å². The van der Waals surface area contributed by atoms with E-state index in [2.05, 4.69) is 26.2 Å². The number of hydrogen-bond donors (Lipinski definition) is 1. The molecule has 0 atom stereocenters. The van der Waals surface area contributed by atoms with E-state index < -0.39 is 0 Å². The Hall–Kier alpha value is -3.45. The zero-order chi connectivity index (χ0) is 23.2. The molecule has 0 bridgehead atoms. The summed E-state index contributed by atoms with van der Waals surface area (Å²) in [6.07, 6.45) is 2.54. The van der Waals surface area contributed by atoms with Gasteiger partial charge in [-0.15, -0.1) is 0 Å². The summed E-state index contributed by atoms with van der Waals surface area (Å²) in [7, 11) is 4.03. The van der Waals surface area contributed by atoms with Crippen molar-refractivity contribution in [3.8, 4) is 0 Å². The minimum atomic E-state index is -0.0985. The maximum Gasteiger partial charge on any atom is 0.253 e. The maximum atomic E-state index is 13.0. The van der Waals surface area contributed by atoms with E-state index in [1.54, 1.807) is 6.20 Å². The van der Waals surface area contributed by atoms with Crippen LogP contribution in [0.4, 0.5) is 5.82 Å². The zero-order valence-electron chi connectivity index (χ0n) is 19.3. The maximum absolute atomic E-state index is 13.0. The van der Waals surface area contributed by atoms with E-state index in [-0.39, 0.29) is 11.8 Å². The first kappa shape index (κ1) is 22.7. The van der Waals surface area contributed by atoms with E-state index in [9.17, 15) is 9.59 Å². The molecule has 1 saturated heterocycles. The van der Waals surface area contributed by atoms with Crippen LogP contribution in [0.5, 0.6) is 0 Å². The second-order valence-corrected chi connectivity index (χ2v) is 8.66. The molecule has 0 spiro atoms. The normalized spacial score (nSPS) is 14.0. The molecule has 3 aromatic rings. The third-order valence-corrected chi connectivity index (χ3v) is 5.97. The fraction of sp³-hybridized carbons (Fsp3) is 0.346. The Labute approximate surface area is 195 Å². The summed E-state index contributed by atoms with van der Waals surface area (Å²) in [6.45, 7) is 4.28. The third-order valence-electron chi connectivity index (χ3n) is 5.97. The Morgan fingerprint density at radius 1 is 0.939 bits per heavy atom. The highest BCUT2D eigenvalue weighted by Gasteiger charge is 2.23. The molecule has 1 fully saturated rings. The summed E-state index contributed by atoms with van der Waals surface area (Å²) in [5.74, 6) is 0.796. The SMILES string of the molecule is CN(C)CCCNC(=O)c1ccc(N2CCN(C(=O)c3ccc4ccccc4c3)CC2)nc1. The smallest absolute Gasteiger partial charge is 0.253 e. The van der Waals surface area contributed by atoms with Gasteiger partial charge in [-0.3, -0.25) is 9.59 Å². The van der Waals surface area contributed by atoms with E-state index >= 15 is 0 Å². The molecule has 1 aliphatic rings. The zero-order valence-corrected chi connectivity index (χ0v) is 19.3. The number of fused-ring (bicyclic) bond motifs is 1. The van der Waals surface area contributed by atoms with Gasteiger partial charge < -0.3 is 20.0 Å². The lowest BCUT2D eigenvalue weighted by Gasteiger charge is -2.35. The fourth-order valence-corrected chi connectivity index (χ4v) is 4.05. The Morgan fingerprint density at radius 2 is 1.67 bits per heavy atom. The summed E-state index contributed by atoms with van der Waals surface area (Å²) in [5, 5.41) is 5.15. The highest BCUT2D eigenvalue weighted by molar-refractivity contribution is 5.98. The predicted octanol–water partition coefficient (Wildman–Crippen LogP) is 2.88. The van der Waals surface area contributed by atoms with Crippen molar-refractivity contribution in [2.24, 2.45) is 0 Å². The molecule has 0 aliphatic carbocycles. The average Bonchev–Trinajstić information content (AvgIpc) is 2.86. The number of nitrogens with zero attached hydrogens (tertiary/aromatic N) is 4. The number of carbonyl (C=O) groups excluding carboxylic acids is 2. The van der Waals surface area contributed by atoms with Gasteiger partial charge >= 0.3 is 0 Å². The predicted molar refractivity (Wildman–Crippen MR) is 132 cm³/mol. The quantitative estimate of drug-likeness (QED) is 0.567. The van der Waals surface area contributed by atoms with Crippen LogP contribution in [0.25, 0.3) is 10.8 Å². The molecule has 2 amide bonds. The average molecular weight is 446 g/mol. The highest BCUT2D eigenvalue weighted by Crippen LogP contribution is 2.19. The molecule has 2 heterocycles. The van der Waals surface area contributed by atoms with E-state index in [4.69, 9.17) is 0 Å². The van der Waals surface area contributed by atoms with Crippen molar-refractivity contribution in [2.75, 3.05) is 58.3 Å². The molecule has 33 heavy (non-hydrogen) atoms. The van der Waals surface area contributed by atoms with E-state index in [1.807, 2.05) is 67.5 Å². The minimum absolute atomic E-state index is 0.0645. The summed E-state index contributed by atoms with van der Waals surface area (Å²) in [6, 6.07) is 17.6. The number of hydrogen-bond acceptors (Lipinski definition) is 5. The second kappa shape index (κ2) is 10.4. The number of benzene rings is 2. The van der Waals surface area contributed by atoms with E-state index in [0.29, 0.717) is 38.3 Å². The molecule has 0 unspecified atom stereocenters. The lowest BCUT2D eigenvalue weighted by atomic mass is 10.1. The van der Waals surface area contributed by atoms with Gasteiger partial charge in [0, 0.05) is 44.5 Å². The van der Waals surface area contributed by atoms with Gasteiger partial charge in [0.2, 0.25) is 0 Å². The van der Waals surface area contributed by atoms with Gasteiger partial charge in [0.1, 0.15) is 5.82 Å². The van der Waals surface area contributed by atoms with Crippen molar-refractivity contribution in [1.82, 2.24) is 20.1 Å². The minimum Gasteiger partial charge on any atom is -0.353 e. The first-order valence-corrected chi connectivity index (χ1v) is 11.4. The van der Waals surface area contributed by atoms with Crippen molar-refractivity contribution in [3.63, 3.8) is 0 Å². The molecule has 2 aromatic carbocycles. The van der Waals surface area contributed by atoms with E-state index in [1.165, 1.54) is 0 Å². The standard InChI is InChI=1S/C26H31N5O2/c1-29(2)13-5-12-27-25(32)23-10-11-24(28-19-23)30-14-16-31(17-15-30)26(33)22-9-8-20-6-3-4-7-21(20)18-22/h3-4,6-11,18-19H,5,12-17H2,1-2H3,(H,27,32). The Kier molecular flexibility index (Phi) is 7.19. The van der Waals surface area contributed by atoms with Crippen molar-refractivity contribution in [1.29, 1.82) is 0 Å². The topological polar surface area (TPSA) is 68.8 Å². The van der Waals surface area contributed by atoms with Crippen LogP contribution in [0.1, 0.15) is 27.1 Å².